The number of hydrogen-bond acceptors (Lipinski definition) is 8. The van der Waals surface area contributed by atoms with Crippen molar-refractivity contribution >= 4 is 29.4 Å². The predicted octanol–water partition coefficient (Wildman–Crippen LogP) is 3.88. The minimum Gasteiger partial charge on any atom is -0.447 e. The molecule has 1 aromatic carbocycles. The molecule has 2 heterocycles. The van der Waals surface area contributed by atoms with Crippen molar-refractivity contribution in [3.63, 3.8) is 0 Å². The molecule has 9 nitrogen and oxygen atoms in total. The van der Waals surface area contributed by atoms with Crippen molar-refractivity contribution < 1.29 is 19.1 Å². The van der Waals surface area contributed by atoms with E-state index < -0.39 is 6.10 Å². The number of benzene rings is 1. The maximum atomic E-state index is 12.3. The maximum Gasteiger partial charge on any atom is 0.410 e. The molecule has 0 saturated carbocycles. The zero-order valence-corrected chi connectivity index (χ0v) is 19.3. The topological polar surface area (TPSA) is 104 Å². The van der Waals surface area contributed by atoms with Crippen LogP contribution in [0.2, 0.25) is 5.02 Å². The lowest BCUT2D eigenvalue weighted by molar-refractivity contribution is 0.0349. The molecule has 1 amide bonds. The summed E-state index contributed by atoms with van der Waals surface area (Å²) in [6.45, 7) is 12.1. The van der Waals surface area contributed by atoms with Gasteiger partial charge in [0.05, 0.1) is 6.10 Å². The molecule has 1 aliphatic rings. The summed E-state index contributed by atoms with van der Waals surface area (Å²) in [7, 11) is 0. The van der Waals surface area contributed by atoms with Crippen LogP contribution in [0.5, 0.6) is 0 Å². The van der Waals surface area contributed by atoms with Crippen LogP contribution in [0.1, 0.15) is 50.8 Å². The van der Waals surface area contributed by atoms with Gasteiger partial charge in [0.25, 0.3) is 0 Å². The van der Waals surface area contributed by atoms with Crippen LogP contribution in [0.3, 0.4) is 0 Å². The van der Waals surface area contributed by atoms with Crippen LogP contribution in [-0.2, 0) is 11.3 Å². The number of amides is 1. The molecule has 10 heteroatoms. The summed E-state index contributed by atoms with van der Waals surface area (Å²) in [5.41, 5.74) is 2.83. The largest absolute Gasteiger partial charge is 0.447 e. The number of aromatic nitrogens is 2. The average Bonchev–Trinajstić information content (AvgIpc) is 3.14. The second-order valence-electron chi connectivity index (χ2n) is 8.19. The summed E-state index contributed by atoms with van der Waals surface area (Å²) in [5, 5.41) is 21.0. The quantitative estimate of drug-likeness (QED) is 0.681. The average molecular weight is 452 g/mol. The van der Waals surface area contributed by atoms with E-state index in [4.69, 9.17) is 20.8 Å². The zero-order chi connectivity index (χ0) is 22.7. The van der Waals surface area contributed by atoms with E-state index in [-0.39, 0.29) is 30.1 Å². The number of carbonyl (C=O) groups excluding carboxylic acids is 1. The number of anilines is 2. The first kappa shape index (κ1) is 23.3. The highest BCUT2D eigenvalue weighted by atomic mass is 35.5. The number of rotatable bonds is 6. The van der Waals surface area contributed by atoms with Crippen LogP contribution in [0.25, 0.3) is 0 Å². The van der Waals surface area contributed by atoms with Gasteiger partial charge in [-0.1, -0.05) is 16.7 Å². The standard InChI is InChI=1S/C21H30ClN5O4/c1-12(2)30-21(29)27-7-6-26(10-13(27)3)11-16-8-17(22)9-18(14(16)4)23-20-25-24-19(31-20)15(5)28/h8-9,12-13,15,28H,6-7,10-11H2,1-5H3,(H,23,25)/t13-,15+/m0/s1. The number of ether oxygens (including phenoxy) is 1. The summed E-state index contributed by atoms with van der Waals surface area (Å²) in [6.07, 6.45) is -1.23. The fourth-order valence-electron chi connectivity index (χ4n) is 3.56. The van der Waals surface area contributed by atoms with Crippen LogP contribution in [0, 0.1) is 6.92 Å². The summed E-state index contributed by atoms with van der Waals surface area (Å²) in [6, 6.07) is 3.99. The molecule has 0 unspecified atom stereocenters. The number of nitrogens with one attached hydrogen (secondary N) is 1. The van der Waals surface area contributed by atoms with E-state index in [1.165, 1.54) is 0 Å². The van der Waals surface area contributed by atoms with Gasteiger partial charge in [-0.15, -0.1) is 5.10 Å². The monoisotopic (exact) mass is 451 g/mol. The Morgan fingerprint density at radius 2 is 2.10 bits per heavy atom. The van der Waals surface area contributed by atoms with Gasteiger partial charge in [0.1, 0.15) is 6.10 Å². The highest BCUT2D eigenvalue weighted by Crippen LogP contribution is 2.29. The summed E-state index contributed by atoms with van der Waals surface area (Å²) >= 11 is 6.37. The highest BCUT2D eigenvalue weighted by Gasteiger charge is 2.29. The third kappa shape index (κ3) is 5.87. The number of halogens is 1. The molecule has 3 rings (SSSR count). The van der Waals surface area contributed by atoms with E-state index in [1.54, 1.807) is 17.9 Å². The molecule has 2 aromatic rings. The van der Waals surface area contributed by atoms with Gasteiger partial charge in [-0.25, -0.2) is 4.79 Å². The van der Waals surface area contributed by atoms with Crippen LogP contribution in [-0.4, -0.2) is 63.0 Å². The number of aliphatic hydroxyl groups is 1. The normalized spacial score (nSPS) is 18.3. The van der Waals surface area contributed by atoms with Crippen LogP contribution >= 0.6 is 11.6 Å². The van der Waals surface area contributed by atoms with E-state index in [2.05, 4.69) is 20.4 Å². The van der Waals surface area contributed by atoms with Gasteiger partial charge in [-0.05, 0) is 57.9 Å². The molecule has 2 atom stereocenters. The lowest BCUT2D eigenvalue weighted by Crippen LogP contribution is -2.54. The van der Waals surface area contributed by atoms with Gasteiger partial charge in [0.2, 0.25) is 5.89 Å². The molecule has 1 aliphatic heterocycles. The second kappa shape index (κ2) is 9.84. The maximum absolute atomic E-state index is 12.3. The molecule has 1 aromatic heterocycles. The third-order valence-electron chi connectivity index (χ3n) is 5.20. The Morgan fingerprint density at radius 1 is 1.35 bits per heavy atom. The first-order valence-electron chi connectivity index (χ1n) is 10.4. The number of carbonyl (C=O) groups is 1. The van der Waals surface area contributed by atoms with Gasteiger partial charge in [-0.3, -0.25) is 4.90 Å². The van der Waals surface area contributed by atoms with Crippen LogP contribution in [0.4, 0.5) is 16.5 Å². The molecule has 2 N–H and O–H groups in total. The van der Waals surface area contributed by atoms with Gasteiger partial charge >= 0.3 is 12.1 Å². The SMILES string of the molecule is Cc1c(CN2CCN(C(=O)OC(C)C)[C@@H](C)C2)cc(Cl)cc1Nc1nnc([C@@H](C)O)o1. The number of hydrogen-bond donors (Lipinski definition) is 2. The van der Waals surface area contributed by atoms with Crippen molar-refractivity contribution in [3.05, 3.63) is 34.2 Å². The minimum atomic E-state index is -0.836. The van der Waals surface area contributed by atoms with E-state index in [0.717, 1.165) is 29.9 Å². The Kier molecular flexibility index (Phi) is 7.40. The number of piperazine rings is 1. The van der Waals surface area contributed by atoms with E-state index in [9.17, 15) is 9.90 Å². The smallest absolute Gasteiger partial charge is 0.410 e. The Morgan fingerprint density at radius 3 is 2.71 bits per heavy atom. The molecule has 0 radical (unpaired) electrons. The van der Waals surface area contributed by atoms with Crippen molar-refractivity contribution in [1.29, 1.82) is 0 Å². The number of aliphatic hydroxyl groups excluding tert-OH is 1. The molecule has 1 fully saturated rings. The molecular weight excluding hydrogens is 422 g/mol. The van der Waals surface area contributed by atoms with E-state index in [0.29, 0.717) is 18.1 Å². The third-order valence-corrected chi connectivity index (χ3v) is 5.41. The molecular formula is C21H30ClN5O4. The molecule has 0 spiro atoms. The van der Waals surface area contributed by atoms with Crippen LogP contribution < -0.4 is 5.32 Å². The Bertz CT molecular complexity index is 917. The Hall–Kier alpha value is -2.36. The first-order valence-corrected chi connectivity index (χ1v) is 10.8. The van der Waals surface area contributed by atoms with Crippen LogP contribution in [0.15, 0.2) is 16.5 Å². The zero-order valence-electron chi connectivity index (χ0n) is 18.6. The minimum absolute atomic E-state index is 0.0503. The van der Waals surface area contributed by atoms with Gasteiger partial charge in [0.15, 0.2) is 0 Å². The van der Waals surface area contributed by atoms with Crippen molar-refractivity contribution in [1.82, 2.24) is 20.0 Å². The highest BCUT2D eigenvalue weighted by molar-refractivity contribution is 6.31. The first-order chi connectivity index (χ1) is 14.6. The lowest BCUT2D eigenvalue weighted by atomic mass is 10.0. The summed E-state index contributed by atoms with van der Waals surface area (Å²) in [4.78, 5) is 16.3. The fraction of sp³-hybridized carbons (Fsp3) is 0.571. The summed E-state index contributed by atoms with van der Waals surface area (Å²) < 4.78 is 10.8. The van der Waals surface area contributed by atoms with Gasteiger partial charge < -0.3 is 24.5 Å². The van der Waals surface area contributed by atoms with Crippen molar-refractivity contribution in [3.8, 4) is 0 Å². The van der Waals surface area contributed by atoms with Crippen molar-refractivity contribution in [2.45, 2.75) is 59.4 Å². The van der Waals surface area contributed by atoms with E-state index in [1.807, 2.05) is 33.8 Å². The molecule has 31 heavy (non-hydrogen) atoms. The second-order valence-corrected chi connectivity index (χ2v) is 8.63. The molecule has 170 valence electrons. The summed E-state index contributed by atoms with van der Waals surface area (Å²) in [5.74, 6) is 0.144. The van der Waals surface area contributed by atoms with Crippen molar-refractivity contribution in [2.75, 3.05) is 25.0 Å². The Labute approximate surface area is 187 Å². The van der Waals surface area contributed by atoms with Gasteiger partial charge in [-0.2, -0.15) is 0 Å². The molecule has 0 aliphatic carbocycles. The van der Waals surface area contributed by atoms with E-state index >= 15 is 0 Å². The Balaban J connectivity index is 1.69. The fourth-order valence-corrected chi connectivity index (χ4v) is 3.80. The lowest BCUT2D eigenvalue weighted by Gasteiger charge is -2.39. The molecule has 1 saturated heterocycles. The molecule has 0 bridgehead atoms. The van der Waals surface area contributed by atoms with Crippen molar-refractivity contribution in [2.24, 2.45) is 0 Å². The predicted molar refractivity (Wildman–Crippen MR) is 117 cm³/mol. The number of nitrogens with zero attached hydrogens (tertiary/aromatic N) is 4. The van der Waals surface area contributed by atoms with Gasteiger partial charge in [0, 0.05) is 42.9 Å².